The van der Waals surface area contributed by atoms with Gasteiger partial charge in [0.15, 0.2) is 0 Å². The van der Waals surface area contributed by atoms with Gasteiger partial charge in [-0.2, -0.15) is 5.26 Å². The summed E-state index contributed by atoms with van der Waals surface area (Å²) >= 11 is 0. The largest absolute Gasteiger partial charge is 0.309 e. The second kappa shape index (κ2) is 5.92. The van der Waals surface area contributed by atoms with E-state index in [1.54, 1.807) is 0 Å². The minimum absolute atomic E-state index is 0.536. The monoisotopic (exact) mass is 272 g/mol. The molecule has 2 N–H and O–H groups in total. The second-order valence-electron chi connectivity index (χ2n) is 6.15. The molecule has 4 heteroatoms. The van der Waals surface area contributed by atoms with Gasteiger partial charge in [0.05, 0.1) is 6.07 Å². The van der Waals surface area contributed by atoms with E-state index in [1.165, 1.54) is 0 Å². The van der Waals surface area contributed by atoms with Crippen LogP contribution in [0.5, 0.6) is 0 Å². The van der Waals surface area contributed by atoms with Crippen molar-refractivity contribution in [3.8, 4) is 6.07 Å². The van der Waals surface area contributed by atoms with Crippen molar-refractivity contribution in [3.63, 3.8) is 0 Å². The fourth-order valence-electron chi connectivity index (χ4n) is 3.13. The van der Waals surface area contributed by atoms with Crippen molar-refractivity contribution in [1.29, 1.82) is 5.26 Å². The molecule has 2 rings (SSSR count). The van der Waals surface area contributed by atoms with Crippen molar-refractivity contribution in [2.24, 2.45) is 11.7 Å². The standard InChI is InChI=1S/C16H24N4/c1-13-9-20(10-15(13)19(2)3)12-16(18,11-17)14-7-5-4-6-8-14/h4-8,13,15H,9-10,12,18H2,1-3H3. The second-order valence-corrected chi connectivity index (χ2v) is 6.15. The minimum Gasteiger partial charge on any atom is -0.309 e. The van der Waals surface area contributed by atoms with E-state index in [0.717, 1.165) is 18.7 Å². The summed E-state index contributed by atoms with van der Waals surface area (Å²) in [6, 6.07) is 12.5. The zero-order valence-corrected chi connectivity index (χ0v) is 12.6. The van der Waals surface area contributed by atoms with Gasteiger partial charge in [0.2, 0.25) is 0 Å². The van der Waals surface area contributed by atoms with Gasteiger partial charge in [0, 0.05) is 25.7 Å². The fraction of sp³-hybridized carbons (Fsp3) is 0.562. The Morgan fingerprint density at radius 1 is 1.35 bits per heavy atom. The maximum Gasteiger partial charge on any atom is 0.142 e. The van der Waals surface area contributed by atoms with Gasteiger partial charge >= 0.3 is 0 Å². The van der Waals surface area contributed by atoms with E-state index in [2.05, 4.69) is 36.9 Å². The summed E-state index contributed by atoms with van der Waals surface area (Å²) in [6.07, 6.45) is 0. The number of nitrogens with zero attached hydrogens (tertiary/aromatic N) is 3. The molecule has 1 aliphatic rings. The van der Waals surface area contributed by atoms with E-state index < -0.39 is 5.54 Å². The Kier molecular flexibility index (Phi) is 4.44. The molecule has 108 valence electrons. The Bertz CT molecular complexity index is 479. The lowest BCUT2D eigenvalue weighted by Gasteiger charge is -2.28. The molecular formula is C16H24N4. The van der Waals surface area contributed by atoms with Crippen LogP contribution in [0.2, 0.25) is 0 Å². The highest BCUT2D eigenvalue weighted by atomic mass is 15.2. The molecule has 20 heavy (non-hydrogen) atoms. The number of hydrogen-bond donors (Lipinski definition) is 1. The first kappa shape index (κ1) is 15.0. The van der Waals surface area contributed by atoms with E-state index >= 15 is 0 Å². The summed E-state index contributed by atoms with van der Waals surface area (Å²) in [7, 11) is 4.23. The summed E-state index contributed by atoms with van der Waals surface area (Å²) in [5.74, 6) is 0.601. The average molecular weight is 272 g/mol. The van der Waals surface area contributed by atoms with Gasteiger partial charge in [0.25, 0.3) is 0 Å². The fourth-order valence-corrected chi connectivity index (χ4v) is 3.13. The van der Waals surface area contributed by atoms with Crippen molar-refractivity contribution < 1.29 is 0 Å². The molecule has 1 fully saturated rings. The summed E-state index contributed by atoms with van der Waals surface area (Å²) in [5.41, 5.74) is 6.31. The minimum atomic E-state index is -0.928. The molecule has 0 bridgehead atoms. The van der Waals surface area contributed by atoms with Gasteiger partial charge in [0.1, 0.15) is 5.54 Å². The molecule has 1 saturated heterocycles. The van der Waals surface area contributed by atoms with Crippen LogP contribution in [0.4, 0.5) is 0 Å². The topological polar surface area (TPSA) is 56.3 Å². The molecule has 0 aromatic heterocycles. The van der Waals surface area contributed by atoms with E-state index in [9.17, 15) is 5.26 Å². The first-order valence-corrected chi connectivity index (χ1v) is 7.11. The molecule has 4 nitrogen and oxygen atoms in total. The lowest BCUT2D eigenvalue weighted by molar-refractivity contribution is 0.239. The van der Waals surface area contributed by atoms with Crippen molar-refractivity contribution >= 4 is 0 Å². The Morgan fingerprint density at radius 3 is 2.50 bits per heavy atom. The molecule has 0 radical (unpaired) electrons. The summed E-state index contributed by atoms with van der Waals surface area (Å²) < 4.78 is 0. The van der Waals surface area contributed by atoms with Crippen molar-refractivity contribution in [2.75, 3.05) is 33.7 Å². The van der Waals surface area contributed by atoms with Crippen LogP contribution in [0, 0.1) is 17.2 Å². The van der Waals surface area contributed by atoms with Crippen LogP contribution < -0.4 is 5.73 Å². The van der Waals surface area contributed by atoms with Gasteiger partial charge in [-0.1, -0.05) is 37.3 Å². The van der Waals surface area contributed by atoms with Crippen molar-refractivity contribution in [1.82, 2.24) is 9.80 Å². The Balaban J connectivity index is 2.11. The molecule has 3 atom stereocenters. The molecule has 1 aliphatic heterocycles. The quantitative estimate of drug-likeness (QED) is 0.896. The lowest BCUT2D eigenvalue weighted by atomic mass is 9.92. The Labute approximate surface area is 121 Å². The number of likely N-dealkylation sites (tertiary alicyclic amines) is 1. The van der Waals surface area contributed by atoms with Crippen LogP contribution in [0.15, 0.2) is 30.3 Å². The van der Waals surface area contributed by atoms with Crippen LogP contribution in [-0.4, -0.2) is 49.6 Å². The average Bonchev–Trinajstić information content (AvgIpc) is 2.80. The van der Waals surface area contributed by atoms with Crippen LogP contribution in [-0.2, 0) is 5.54 Å². The third-order valence-electron chi connectivity index (χ3n) is 4.27. The van der Waals surface area contributed by atoms with Crippen LogP contribution in [0.25, 0.3) is 0 Å². The molecule has 3 unspecified atom stereocenters. The van der Waals surface area contributed by atoms with E-state index in [-0.39, 0.29) is 0 Å². The molecule has 0 aliphatic carbocycles. The first-order chi connectivity index (χ1) is 9.46. The summed E-state index contributed by atoms with van der Waals surface area (Å²) in [6.45, 7) is 4.82. The van der Waals surface area contributed by atoms with E-state index in [0.29, 0.717) is 18.5 Å². The predicted molar refractivity (Wildman–Crippen MR) is 81.0 cm³/mol. The third kappa shape index (κ3) is 3.01. The molecule has 0 amide bonds. The predicted octanol–water partition coefficient (Wildman–Crippen LogP) is 1.25. The Hall–Kier alpha value is -1.41. The number of likely N-dealkylation sites (N-methyl/N-ethyl adjacent to an activating group) is 1. The zero-order valence-electron chi connectivity index (χ0n) is 12.6. The highest BCUT2D eigenvalue weighted by molar-refractivity contribution is 5.31. The van der Waals surface area contributed by atoms with Crippen molar-refractivity contribution in [2.45, 2.75) is 18.5 Å². The van der Waals surface area contributed by atoms with E-state index in [4.69, 9.17) is 5.73 Å². The normalized spacial score (nSPS) is 26.4. The highest BCUT2D eigenvalue weighted by Crippen LogP contribution is 2.25. The SMILES string of the molecule is CC1CN(CC(N)(C#N)c2ccccc2)CC1N(C)C. The molecule has 0 saturated carbocycles. The van der Waals surface area contributed by atoms with Crippen molar-refractivity contribution in [3.05, 3.63) is 35.9 Å². The third-order valence-corrected chi connectivity index (χ3v) is 4.27. The number of rotatable bonds is 4. The molecule has 1 heterocycles. The zero-order chi connectivity index (χ0) is 14.8. The first-order valence-electron chi connectivity index (χ1n) is 7.11. The smallest absolute Gasteiger partial charge is 0.142 e. The van der Waals surface area contributed by atoms with Gasteiger partial charge in [-0.3, -0.25) is 4.90 Å². The van der Waals surface area contributed by atoms with Gasteiger partial charge in [-0.05, 0) is 25.6 Å². The number of benzene rings is 1. The van der Waals surface area contributed by atoms with Gasteiger partial charge in [-0.25, -0.2) is 0 Å². The van der Waals surface area contributed by atoms with Gasteiger partial charge < -0.3 is 10.6 Å². The summed E-state index contributed by atoms with van der Waals surface area (Å²) in [4.78, 5) is 4.57. The molecule has 0 spiro atoms. The molecule has 1 aromatic rings. The molecular weight excluding hydrogens is 248 g/mol. The maximum absolute atomic E-state index is 9.53. The van der Waals surface area contributed by atoms with Crippen LogP contribution in [0.3, 0.4) is 0 Å². The maximum atomic E-state index is 9.53. The number of hydrogen-bond acceptors (Lipinski definition) is 4. The number of nitriles is 1. The van der Waals surface area contributed by atoms with Crippen LogP contribution >= 0.6 is 0 Å². The van der Waals surface area contributed by atoms with Crippen LogP contribution in [0.1, 0.15) is 12.5 Å². The van der Waals surface area contributed by atoms with Gasteiger partial charge in [-0.15, -0.1) is 0 Å². The number of nitrogens with two attached hydrogens (primary N) is 1. The Morgan fingerprint density at radius 2 is 2.00 bits per heavy atom. The highest BCUT2D eigenvalue weighted by Gasteiger charge is 2.36. The lowest BCUT2D eigenvalue weighted by Crippen LogP contribution is -2.46. The molecule has 1 aromatic carbocycles. The van der Waals surface area contributed by atoms with E-state index in [1.807, 2.05) is 30.3 Å². The summed E-state index contributed by atoms with van der Waals surface area (Å²) in [5, 5.41) is 9.53.